The molecule has 0 spiro atoms. The Bertz CT molecular complexity index is 867. The van der Waals surface area contributed by atoms with Crippen LogP contribution in [0.15, 0.2) is 24.4 Å². The molecule has 1 aromatic heterocycles. The standard InChI is InChI=1S/C18H19Cl2F3N4O2/c1-29-16-8-12(2-3-14(16)19)25-4-6-26(7-5-25)13(11-28)9-27-10-15(20)17(24-27)18(21,22)23/h2-3,8,10-11,13H,4-7,9H2,1H3. The Balaban J connectivity index is 1.64. The molecule has 2 aromatic rings. The number of hydrogen-bond acceptors (Lipinski definition) is 5. The van der Waals surface area contributed by atoms with Crippen LogP contribution < -0.4 is 9.64 Å². The van der Waals surface area contributed by atoms with Gasteiger partial charge in [-0.2, -0.15) is 18.3 Å². The molecule has 0 N–H and O–H groups in total. The van der Waals surface area contributed by atoms with Crippen LogP contribution in [-0.2, 0) is 17.5 Å². The van der Waals surface area contributed by atoms with E-state index < -0.39 is 22.9 Å². The number of piperazine rings is 1. The minimum atomic E-state index is -4.63. The molecule has 0 saturated carbocycles. The maximum atomic E-state index is 12.9. The molecule has 11 heteroatoms. The van der Waals surface area contributed by atoms with Crippen LogP contribution in [0.5, 0.6) is 5.75 Å². The molecule has 2 heterocycles. The molecule has 0 amide bonds. The van der Waals surface area contributed by atoms with Gasteiger partial charge in [0, 0.05) is 44.1 Å². The first-order valence-electron chi connectivity index (χ1n) is 8.81. The van der Waals surface area contributed by atoms with Gasteiger partial charge in [-0.15, -0.1) is 0 Å². The van der Waals surface area contributed by atoms with Crippen LogP contribution in [0.2, 0.25) is 10.0 Å². The number of carbonyl (C=O) groups is 1. The van der Waals surface area contributed by atoms with Gasteiger partial charge in [0.05, 0.1) is 29.7 Å². The lowest BCUT2D eigenvalue weighted by Crippen LogP contribution is -2.52. The molecule has 1 aromatic carbocycles. The van der Waals surface area contributed by atoms with Crippen molar-refractivity contribution in [3.05, 3.63) is 40.1 Å². The van der Waals surface area contributed by atoms with E-state index in [1.54, 1.807) is 13.2 Å². The summed E-state index contributed by atoms with van der Waals surface area (Å²) in [4.78, 5) is 15.6. The number of halogens is 5. The predicted octanol–water partition coefficient (Wildman–Crippen LogP) is 3.61. The van der Waals surface area contributed by atoms with Crippen molar-refractivity contribution in [2.45, 2.75) is 18.8 Å². The first-order chi connectivity index (χ1) is 13.7. The first-order valence-corrected chi connectivity index (χ1v) is 9.56. The van der Waals surface area contributed by atoms with Crippen LogP contribution in [0.4, 0.5) is 18.9 Å². The van der Waals surface area contributed by atoms with Crippen molar-refractivity contribution in [3.8, 4) is 5.75 Å². The number of nitrogens with zero attached hydrogens (tertiary/aromatic N) is 4. The molecule has 0 bridgehead atoms. The van der Waals surface area contributed by atoms with Crippen LogP contribution in [-0.4, -0.2) is 60.3 Å². The first kappa shape index (κ1) is 21.7. The van der Waals surface area contributed by atoms with Crippen molar-refractivity contribution in [2.75, 3.05) is 38.2 Å². The zero-order chi connectivity index (χ0) is 21.2. The van der Waals surface area contributed by atoms with Gasteiger partial charge in [-0.05, 0) is 12.1 Å². The van der Waals surface area contributed by atoms with Crippen LogP contribution in [0.25, 0.3) is 0 Å². The molecule has 1 unspecified atom stereocenters. The van der Waals surface area contributed by atoms with Gasteiger partial charge in [-0.1, -0.05) is 23.2 Å². The van der Waals surface area contributed by atoms with Crippen molar-refractivity contribution < 1.29 is 22.7 Å². The monoisotopic (exact) mass is 450 g/mol. The third-order valence-corrected chi connectivity index (χ3v) is 5.39. The summed E-state index contributed by atoms with van der Waals surface area (Å²) in [5.74, 6) is 0.577. The summed E-state index contributed by atoms with van der Waals surface area (Å²) < 4.78 is 44.9. The van der Waals surface area contributed by atoms with E-state index in [0.29, 0.717) is 37.0 Å². The lowest BCUT2D eigenvalue weighted by Gasteiger charge is -2.38. The predicted molar refractivity (Wildman–Crippen MR) is 104 cm³/mol. The Hall–Kier alpha value is -1.97. The molecule has 29 heavy (non-hydrogen) atoms. The Morgan fingerprint density at radius 2 is 1.90 bits per heavy atom. The Morgan fingerprint density at radius 1 is 1.21 bits per heavy atom. The molecule has 1 aliphatic heterocycles. The van der Waals surface area contributed by atoms with E-state index in [4.69, 9.17) is 27.9 Å². The number of carbonyl (C=O) groups excluding carboxylic acids is 1. The van der Waals surface area contributed by atoms with Gasteiger partial charge in [-0.3, -0.25) is 9.58 Å². The van der Waals surface area contributed by atoms with Crippen LogP contribution >= 0.6 is 23.2 Å². The number of ether oxygens (including phenoxy) is 1. The summed E-state index contributed by atoms with van der Waals surface area (Å²) in [5.41, 5.74) is -0.201. The van der Waals surface area contributed by atoms with E-state index in [2.05, 4.69) is 10.00 Å². The van der Waals surface area contributed by atoms with Crippen molar-refractivity contribution in [3.63, 3.8) is 0 Å². The lowest BCUT2D eigenvalue weighted by atomic mass is 10.2. The van der Waals surface area contributed by atoms with Gasteiger partial charge >= 0.3 is 6.18 Å². The maximum absolute atomic E-state index is 12.9. The highest BCUT2D eigenvalue weighted by Gasteiger charge is 2.37. The normalized spacial score (nSPS) is 16.7. The van der Waals surface area contributed by atoms with Crippen molar-refractivity contribution in [1.29, 1.82) is 0 Å². The fourth-order valence-corrected chi connectivity index (χ4v) is 3.73. The lowest BCUT2D eigenvalue weighted by molar-refractivity contribution is -0.141. The van der Waals surface area contributed by atoms with Crippen LogP contribution in [0, 0.1) is 0 Å². The highest BCUT2D eigenvalue weighted by molar-refractivity contribution is 6.32. The molecule has 0 radical (unpaired) electrons. The second kappa shape index (κ2) is 8.81. The van der Waals surface area contributed by atoms with E-state index >= 15 is 0 Å². The molecule has 1 atom stereocenters. The van der Waals surface area contributed by atoms with Gasteiger partial charge in [0.2, 0.25) is 0 Å². The van der Waals surface area contributed by atoms with Gasteiger partial charge in [-0.25, -0.2) is 0 Å². The molecule has 1 saturated heterocycles. The second-order valence-corrected chi connectivity index (χ2v) is 7.41. The summed E-state index contributed by atoms with van der Waals surface area (Å²) in [5, 5.41) is 3.53. The number of anilines is 1. The number of benzene rings is 1. The molecular weight excluding hydrogens is 432 g/mol. The fourth-order valence-electron chi connectivity index (χ4n) is 3.28. The van der Waals surface area contributed by atoms with Gasteiger partial charge < -0.3 is 14.4 Å². The SMILES string of the molecule is COc1cc(N2CCN(C(C=O)Cn3cc(Cl)c(C(F)(F)F)n3)CC2)ccc1Cl. The van der Waals surface area contributed by atoms with E-state index in [1.807, 2.05) is 17.0 Å². The third kappa shape index (κ3) is 4.96. The zero-order valence-electron chi connectivity index (χ0n) is 15.5. The topological polar surface area (TPSA) is 50.6 Å². The quantitative estimate of drug-likeness (QED) is 0.629. The van der Waals surface area contributed by atoms with Crippen molar-refractivity contribution >= 4 is 35.2 Å². The van der Waals surface area contributed by atoms with Gasteiger partial charge in [0.1, 0.15) is 12.0 Å². The van der Waals surface area contributed by atoms with Crippen LogP contribution in [0.3, 0.4) is 0 Å². The minimum absolute atomic E-state index is 0.00589. The number of alkyl halides is 3. The average Bonchev–Trinajstić information content (AvgIpc) is 3.07. The number of rotatable bonds is 6. The highest BCUT2D eigenvalue weighted by Crippen LogP contribution is 2.33. The summed E-state index contributed by atoms with van der Waals surface area (Å²) in [6.45, 7) is 2.41. The van der Waals surface area contributed by atoms with Gasteiger partial charge in [0.25, 0.3) is 0 Å². The fraction of sp³-hybridized carbons (Fsp3) is 0.444. The number of aromatic nitrogens is 2. The van der Waals surface area contributed by atoms with E-state index in [-0.39, 0.29) is 6.54 Å². The molecule has 6 nitrogen and oxygen atoms in total. The number of hydrogen-bond donors (Lipinski definition) is 0. The molecule has 158 valence electrons. The largest absolute Gasteiger partial charge is 0.495 e. The number of aldehydes is 1. The highest BCUT2D eigenvalue weighted by atomic mass is 35.5. The molecule has 0 aliphatic carbocycles. The third-order valence-electron chi connectivity index (χ3n) is 4.80. The molecule has 1 aliphatic rings. The van der Waals surface area contributed by atoms with Crippen molar-refractivity contribution in [2.24, 2.45) is 0 Å². The molecule has 1 fully saturated rings. The number of methoxy groups -OCH3 is 1. The zero-order valence-corrected chi connectivity index (χ0v) is 17.0. The van der Waals surface area contributed by atoms with Crippen LogP contribution in [0.1, 0.15) is 5.69 Å². The van der Waals surface area contributed by atoms with E-state index in [0.717, 1.165) is 22.9 Å². The minimum Gasteiger partial charge on any atom is -0.495 e. The molecular formula is C18H19Cl2F3N4O2. The Morgan fingerprint density at radius 3 is 2.45 bits per heavy atom. The van der Waals surface area contributed by atoms with Crippen molar-refractivity contribution in [1.82, 2.24) is 14.7 Å². The Labute approximate surface area is 175 Å². The Kier molecular flexibility index (Phi) is 6.60. The summed E-state index contributed by atoms with van der Waals surface area (Å²) in [6.07, 6.45) is -2.81. The second-order valence-electron chi connectivity index (χ2n) is 6.59. The van der Waals surface area contributed by atoms with E-state index in [1.165, 1.54) is 0 Å². The summed E-state index contributed by atoms with van der Waals surface area (Å²) >= 11 is 11.7. The summed E-state index contributed by atoms with van der Waals surface area (Å²) in [7, 11) is 1.54. The van der Waals surface area contributed by atoms with E-state index in [9.17, 15) is 18.0 Å². The maximum Gasteiger partial charge on any atom is 0.436 e. The molecule has 3 rings (SSSR count). The summed E-state index contributed by atoms with van der Waals surface area (Å²) in [6, 6.07) is 4.89. The van der Waals surface area contributed by atoms with Gasteiger partial charge in [0.15, 0.2) is 5.69 Å². The smallest absolute Gasteiger partial charge is 0.436 e. The average molecular weight is 451 g/mol.